The molecule has 1 heterocycles. The number of hydrogen-bond acceptors (Lipinski definition) is 7. The molecule has 0 unspecified atom stereocenters. The maximum Gasteiger partial charge on any atom is 0.423 e. The van der Waals surface area contributed by atoms with Gasteiger partial charge in [0.25, 0.3) is 5.69 Å². The van der Waals surface area contributed by atoms with E-state index in [0.29, 0.717) is 58.5 Å². The highest BCUT2D eigenvalue weighted by Gasteiger charge is 2.38. The molecule has 1 N–H and O–H groups in total. The molecule has 0 aromatic heterocycles. The standard InChI is InChI=1S/C32H35F3N4O5/c33-32(34,35)29-20-25(8-15-30(29)39(41)42)36-24-6-11-27(12-7-24)44-22-31(40)38-18-16-37(17-19-38)26-9-13-28(14-10-26)43-21-23-4-2-1-3-5-23/h1-5,8-10,13-15,20,24,27,36H,6-7,11-12,16-19,21-22H2/t24-,27-. The van der Waals surface area contributed by atoms with Crippen LogP contribution in [0.25, 0.3) is 0 Å². The Kier molecular flexibility index (Phi) is 9.89. The molecular formula is C32H35F3N4O5. The SMILES string of the molecule is O=C(CO[C@H]1CC[C@H](Nc2ccc([N+](=O)[O-])c(C(F)(F)F)c2)CC1)N1CCN(c2ccc(OCc3ccccc3)cc2)CC1. The van der Waals surface area contributed by atoms with E-state index in [1.54, 1.807) is 0 Å². The minimum atomic E-state index is -4.82. The lowest BCUT2D eigenvalue weighted by atomic mass is 9.92. The summed E-state index contributed by atoms with van der Waals surface area (Å²) in [4.78, 5) is 26.8. The molecule has 5 rings (SSSR count). The molecule has 44 heavy (non-hydrogen) atoms. The summed E-state index contributed by atoms with van der Waals surface area (Å²) in [5.74, 6) is 0.746. The smallest absolute Gasteiger partial charge is 0.423 e. The number of rotatable bonds is 10. The number of halogens is 3. The lowest BCUT2D eigenvalue weighted by molar-refractivity contribution is -0.388. The summed E-state index contributed by atoms with van der Waals surface area (Å²) in [6.07, 6.45) is -2.33. The highest BCUT2D eigenvalue weighted by Crippen LogP contribution is 2.38. The fraction of sp³-hybridized carbons (Fsp3) is 0.406. The predicted octanol–water partition coefficient (Wildman–Crippen LogP) is 6.28. The van der Waals surface area contributed by atoms with E-state index in [2.05, 4.69) is 10.2 Å². The molecule has 9 nitrogen and oxygen atoms in total. The number of anilines is 2. The summed E-state index contributed by atoms with van der Waals surface area (Å²) in [5.41, 5.74) is 0.135. The van der Waals surface area contributed by atoms with E-state index >= 15 is 0 Å². The number of nitro groups is 1. The van der Waals surface area contributed by atoms with E-state index in [1.807, 2.05) is 59.5 Å². The van der Waals surface area contributed by atoms with Crippen LogP contribution in [0.4, 0.5) is 30.2 Å². The Labute approximate surface area is 253 Å². The molecule has 1 aliphatic carbocycles. The monoisotopic (exact) mass is 612 g/mol. The number of hydrogen-bond donors (Lipinski definition) is 1. The first-order chi connectivity index (χ1) is 21.2. The van der Waals surface area contributed by atoms with Crippen molar-refractivity contribution in [3.63, 3.8) is 0 Å². The van der Waals surface area contributed by atoms with E-state index < -0.39 is 22.4 Å². The summed E-state index contributed by atoms with van der Waals surface area (Å²) >= 11 is 0. The fourth-order valence-electron chi connectivity index (χ4n) is 5.61. The van der Waals surface area contributed by atoms with Gasteiger partial charge in [0.1, 0.15) is 24.5 Å². The van der Waals surface area contributed by atoms with Gasteiger partial charge < -0.3 is 24.6 Å². The summed E-state index contributed by atoms with van der Waals surface area (Å²) in [5, 5.41) is 14.1. The third-order valence-corrected chi connectivity index (χ3v) is 8.07. The van der Waals surface area contributed by atoms with Crippen molar-refractivity contribution in [2.75, 3.05) is 43.0 Å². The maximum atomic E-state index is 13.3. The van der Waals surface area contributed by atoms with Crippen molar-refractivity contribution in [2.45, 2.75) is 50.6 Å². The van der Waals surface area contributed by atoms with E-state index in [9.17, 15) is 28.1 Å². The van der Waals surface area contributed by atoms with E-state index in [0.717, 1.165) is 29.1 Å². The highest BCUT2D eigenvalue weighted by atomic mass is 19.4. The second-order valence-corrected chi connectivity index (χ2v) is 11.1. The average molecular weight is 613 g/mol. The van der Waals surface area contributed by atoms with Gasteiger partial charge in [0.2, 0.25) is 5.91 Å². The number of carbonyl (C=O) groups excluding carboxylic acids is 1. The molecule has 0 spiro atoms. The van der Waals surface area contributed by atoms with Crippen molar-refractivity contribution in [1.82, 2.24) is 4.90 Å². The van der Waals surface area contributed by atoms with Crippen LogP contribution in [0, 0.1) is 10.1 Å². The van der Waals surface area contributed by atoms with Crippen LogP contribution in [0.2, 0.25) is 0 Å². The molecule has 1 saturated heterocycles. The topological polar surface area (TPSA) is 97.2 Å². The van der Waals surface area contributed by atoms with Gasteiger partial charge in [-0.05, 0) is 67.6 Å². The van der Waals surface area contributed by atoms with Crippen LogP contribution in [0.5, 0.6) is 5.75 Å². The van der Waals surface area contributed by atoms with Crippen LogP contribution < -0.4 is 15.0 Å². The van der Waals surface area contributed by atoms with Crippen LogP contribution in [-0.4, -0.2) is 60.7 Å². The van der Waals surface area contributed by atoms with Crippen LogP contribution >= 0.6 is 0 Å². The summed E-state index contributed by atoms with van der Waals surface area (Å²) in [7, 11) is 0. The molecule has 234 valence electrons. The van der Waals surface area contributed by atoms with Gasteiger partial charge in [-0.25, -0.2) is 0 Å². The van der Waals surface area contributed by atoms with Gasteiger partial charge in [0.15, 0.2) is 0 Å². The Morgan fingerprint density at radius 2 is 1.61 bits per heavy atom. The summed E-state index contributed by atoms with van der Waals surface area (Å²) in [6.45, 7) is 3.13. The zero-order valence-electron chi connectivity index (χ0n) is 24.2. The number of nitro benzene ring substituents is 1. The van der Waals surface area contributed by atoms with Crippen LogP contribution in [0.3, 0.4) is 0 Å². The average Bonchev–Trinajstić information content (AvgIpc) is 3.03. The Balaban J connectivity index is 1.01. The molecule has 3 aromatic carbocycles. The van der Waals surface area contributed by atoms with Crippen molar-refractivity contribution < 1.29 is 32.4 Å². The third kappa shape index (κ3) is 8.19. The third-order valence-electron chi connectivity index (χ3n) is 8.07. The Morgan fingerprint density at radius 3 is 2.25 bits per heavy atom. The second kappa shape index (κ2) is 14.0. The van der Waals surface area contributed by atoms with Crippen molar-refractivity contribution >= 4 is 23.0 Å². The Bertz CT molecular complexity index is 1410. The minimum absolute atomic E-state index is 0.00644. The molecule has 1 aliphatic heterocycles. The molecule has 2 aliphatic rings. The van der Waals surface area contributed by atoms with Crippen molar-refractivity contribution in [2.24, 2.45) is 0 Å². The molecular weight excluding hydrogens is 577 g/mol. The van der Waals surface area contributed by atoms with Gasteiger partial charge in [0, 0.05) is 49.7 Å². The van der Waals surface area contributed by atoms with Gasteiger partial charge >= 0.3 is 6.18 Å². The number of alkyl halides is 3. The fourth-order valence-corrected chi connectivity index (χ4v) is 5.61. The number of carbonyl (C=O) groups is 1. The molecule has 3 aromatic rings. The van der Waals surface area contributed by atoms with Crippen LogP contribution in [0.15, 0.2) is 72.8 Å². The Morgan fingerprint density at radius 1 is 0.932 bits per heavy atom. The van der Waals surface area contributed by atoms with Gasteiger partial charge in [-0.2, -0.15) is 13.2 Å². The van der Waals surface area contributed by atoms with E-state index in [-0.39, 0.29) is 30.3 Å². The van der Waals surface area contributed by atoms with Crippen molar-refractivity contribution in [1.29, 1.82) is 0 Å². The highest BCUT2D eigenvalue weighted by molar-refractivity contribution is 5.77. The van der Waals surface area contributed by atoms with E-state index in [1.165, 1.54) is 6.07 Å². The lowest BCUT2D eigenvalue weighted by Gasteiger charge is -2.36. The first-order valence-corrected chi connectivity index (χ1v) is 14.7. The number of benzene rings is 3. The van der Waals surface area contributed by atoms with Gasteiger partial charge in [-0.15, -0.1) is 0 Å². The summed E-state index contributed by atoms with van der Waals surface area (Å²) in [6, 6.07) is 20.8. The molecule has 12 heteroatoms. The number of amides is 1. The van der Waals surface area contributed by atoms with E-state index in [4.69, 9.17) is 9.47 Å². The molecule has 0 radical (unpaired) electrons. The maximum absolute atomic E-state index is 13.3. The number of nitrogens with one attached hydrogen (secondary N) is 1. The molecule has 0 atom stereocenters. The lowest BCUT2D eigenvalue weighted by Crippen LogP contribution is -2.50. The zero-order valence-corrected chi connectivity index (χ0v) is 24.2. The van der Waals surface area contributed by atoms with Crippen molar-refractivity contribution in [3.05, 3.63) is 94.0 Å². The quantitative estimate of drug-likeness (QED) is 0.213. The first kappa shape index (κ1) is 31.1. The number of piperazine rings is 1. The van der Waals surface area contributed by atoms with Gasteiger partial charge in [-0.1, -0.05) is 30.3 Å². The van der Waals surface area contributed by atoms with Gasteiger partial charge in [0.05, 0.1) is 11.0 Å². The normalized spacial score (nSPS) is 19.0. The van der Waals surface area contributed by atoms with Crippen molar-refractivity contribution in [3.8, 4) is 5.75 Å². The minimum Gasteiger partial charge on any atom is -0.489 e. The van der Waals surface area contributed by atoms with Crippen LogP contribution in [0.1, 0.15) is 36.8 Å². The largest absolute Gasteiger partial charge is 0.489 e. The summed E-state index contributed by atoms with van der Waals surface area (Å²) < 4.78 is 51.7. The zero-order chi connectivity index (χ0) is 31.1. The number of nitrogens with zero attached hydrogens (tertiary/aromatic N) is 3. The molecule has 1 amide bonds. The first-order valence-electron chi connectivity index (χ1n) is 14.7. The second-order valence-electron chi connectivity index (χ2n) is 11.1. The number of ether oxygens (including phenoxy) is 2. The molecule has 1 saturated carbocycles. The van der Waals surface area contributed by atoms with Crippen LogP contribution in [-0.2, 0) is 22.3 Å². The Hall–Kier alpha value is -4.32. The van der Waals surface area contributed by atoms with Gasteiger partial charge in [-0.3, -0.25) is 14.9 Å². The molecule has 0 bridgehead atoms. The predicted molar refractivity (Wildman–Crippen MR) is 160 cm³/mol. The molecule has 2 fully saturated rings.